The zero-order valence-corrected chi connectivity index (χ0v) is 16.9. The molecule has 0 radical (unpaired) electrons. The molecule has 0 spiro atoms. The van der Waals surface area contributed by atoms with Gasteiger partial charge < -0.3 is 5.32 Å². The molecule has 3 aromatic rings. The second-order valence-corrected chi connectivity index (χ2v) is 7.47. The van der Waals surface area contributed by atoms with Gasteiger partial charge in [0.05, 0.1) is 11.7 Å². The van der Waals surface area contributed by atoms with E-state index in [1.54, 1.807) is 11.0 Å². The number of aryl methyl sites for hydroxylation is 1. The number of aromatic nitrogens is 3. The Morgan fingerprint density at radius 1 is 1.11 bits per heavy atom. The van der Waals surface area contributed by atoms with Gasteiger partial charge in [-0.15, -0.1) is 0 Å². The van der Waals surface area contributed by atoms with Crippen LogP contribution in [0.5, 0.6) is 0 Å². The average molecular weight is 427 g/mol. The van der Waals surface area contributed by atoms with Crippen molar-refractivity contribution in [3.8, 4) is 5.69 Å². The molecule has 6 heteroatoms. The molecule has 27 heavy (non-hydrogen) atoms. The molecule has 0 fully saturated rings. The van der Waals surface area contributed by atoms with Crippen molar-refractivity contribution in [3.63, 3.8) is 0 Å². The Morgan fingerprint density at radius 2 is 1.85 bits per heavy atom. The highest BCUT2D eigenvalue weighted by molar-refractivity contribution is 9.10. The first-order valence-electron chi connectivity index (χ1n) is 9.10. The predicted molar refractivity (Wildman–Crippen MR) is 110 cm³/mol. The van der Waals surface area contributed by atoms with Crippen molar-refractivity contribution in [3.05, 3.63) is 76.8 Å². The maximum Gasteiger partial charge on any atom is 0.220 e. The van der Waals surface area contributed by atoms with E-state index in [1.807, 2.05) is 31.2 Å². The van der Waals surface area contributed by atoms with Crippen LogP contribution in [0, 0.1) is 0 Å². The smallest absolute Gasteiger partial charge is 0.220 e. The van der Waals surface area contributed by atoms with Gasteiger partial charge in [-0.3, -0.25) is 4.79 Å². The van der Waals surface area contributed by atoms with Crippen molar-refractivity contribution in [1.29, 1.82) is 0 Å². The summed E-state index contributed by atoms with van der Waals surface area (Å²) in [6.07, 6.45) is 6.62. The van der Waals surface area contributed by atoms with E-state index >= 15 is 0 Å². The molecular weight excluding hydrogens is 404 g/mol. The van der Waals surface area contributed by atoms with E-state index in [1.165, 1.54) is 11.9 Å². The van der Waals surface area contributed by atoms with E-state index in [0.29, 0.717) is 6.42 Å². The van der Waals surface area contributed by atoms with Crippen LogP contribution in [0.4, 0.5) is 0 Å². The SMILES string of the molecule is CC(NC(=O)CCCCc1ccc(Br)cc1)c1ccc(-n2cncn2)cc1. The summed E-state index contributed by atoms with van der Waals surface area (Å²) in [5.41, 5.74) is 3.32. The molecule has 0 aliphatic rings. The minimum absolute atomic E-state index is 0.0197. The van der Waals surface area contributed by atoms with Crippen LogP contribution in [-0.2, 0) is 11.2 Å². The van der Waals surface area contributed by atoms with Crippen LogP contribution in [0.1, 0.15) is 43.4 Å². The molecule has 0 saturated heterocycles. The van der Waals surface area contributed by atoms with Crippen LogP contribution in [0.2, 0.25) is 0 Å². The van der Waals surface area contributed by atoms with Crippen LogP contribution < -0.4 is 5.32 Å². The first-order valence-corrected chi connectivity index (χ1v) is 9.90. The summed E-state index contributed by atoms with van der Waals surface area (Å²) in [5, 5.41) is 7.19. The predicted octanol–water partition coefficient (Wildman–Crippen LogP) is 4.62. The number of halogens is 1. The minimum Gasteiger partial charge on any atom is -0.350 e. The highest BCUT2D eigenvalue weighted by Crippen LogP contribution is 2.16. The fourth-order valence-corrected chi connectivity index (χ4v) is 3.18. The third-order valence-electron chi connectivity index (χ3n) is 4.49. The van der Waals surface area contributed by atoms with E-state index in [2.05, 4.69) is 55.6 Å². The molecule has 2 aromatic carbocycles. The summed E-state index contributed by atoms with van der Waals surface area (Å²) in [6, 6.07) is 16.3. The van der Waals surface area contributed by atoms with Gasteiger partial charge in [0, 0.05) is 10.9 Å². The summed E-state index contributed by atoms with van der Waals surface area (Å²) in [4.78, 5) is 16.1. The van der Waals surface area contributed by atoms with Crippen molar-refractivity contribution >= 4 is 21.8 Å². The lowest BCUT2D eigenvalue weighted by Gasteiger charge is -2.15. The minimum atomic E-state index is -0.0197. The number of nitrogens with zero attached hydrogens (tertiary/aromatic N) is 3. The first-order chi connectivity index (χ1) is 13.1. The fraction of sp³-hybridized carbons (Fsp3) is 0.286. The van der Waals surface area contributed by atoms with Crippen molar-refractivity contribution in [2.75, 3.05) is 0 Å². The van der Waals surface area contributed by atoms with Crippen molar-refractivity contribution in [2.24, 2.45) is 0 Å². The number of benzene rings is 2. The van der Waals surface area contributed by atoms with Crippen molar-refractivity contribution in [2.45, 2.75) is 38.6 Å². The van der Waals surface area contributed by atoms with Gasteiger partial charge in [-0.05, 0) is 61.6 Å². The molecule has 0 bridgehead atoms. The van der Waals surface area contributed by atoms with E-state index in [0.717, 1.165) is 35.0 Å². The Labute approximate surface area is 168 Å². The average Bonchev–Trinajstić information content (AvgIpc) is 3.21. The molecule has 1 aromatic heterocycles. The Hall–Kier alpha value is -2.47. The summed E-state index contributed by atoms with van der Waals surface area (Å²) in [6.45, 7) is 2.00. The number of hydrogen-bond acceptors (Lipinski definition) is 3. The lowest BCUT2D eigenvalue weighted by atomic mass is 10.1. The molecule has 1 heterocycles. The molecule has 1 N–H and O–H groups in total. The molecule has 1 unspecified atom stereocenters. The molecule has 0 aliphatic carbocycles. The number of amides is 1. The fourth-order valence-electron chi connectivity index (χ4n) is 2.92. The highest BCUT2D eigenvalue weighted by Gasteiger charge is 2.10. The molecule has 3 rings (SSSR count). The zero-order valence-electron chi connectivity index (χ0n) is 15.3. The van der Waals surface area contributed by atoms with Crippen molar-refractivity contribution in [1.82, 2.24) is 20.1 Å². The summed E-state index contributed by atoms with van der Waals surface area (Å²) in [7, 11) is 0. The van der Waals surface area contributed by atoms with Gasteiger partial charge in [-0.2, -0.15) is 5.10 Å². The monoisotopic (exact) mass is 426 g/mol. The van der Waals surface area contributed by atoms with Gasteiger partial charge >= 0.3 is 0 Å². The lowest BCUT2D eigenvalue weighted by Crippen LogP contribution is -2.26. The van der Waals surface area contributed by atoms with Crippen molar-refractivity contribution < 1.29 is 4.79 Å². The second kappa shape index (κ2) is 9.46. The molecule has 1 amide bonds. The molecule has 5 nitrogen and oxygen atoms in total. The molecule has 1 atom stereocenters. The Balaban J connectivity index is 1.41. The maximum absolute atomic E-state index is 12.2. The number of carbonyl (C=O) groups excluding carboxylic acids is 1. The van der Waals surface area contributed by atoms with E-state index in [-0.39, 0.29) is 11.9 Å². The largest absolute Gasteiger partial charge is 0.350 e. The van der Waals surface area contributed by atoms with Crippen LogP contribution in [0.3, 0.4) is 0 Å². The van der Waals surface area contributed by atoms with Gasteiger partial charge in [0.2, 0.25) is 5.91 Å². The molecule has 0 aliphatic heterocycles. The van der Waals surface area contributed by atoms with Gasteiger partial charge in [0.25, 0.3) is 0 Å². The third kappa shape index (κ3) is 5.76. The summed E-state index contributed by atoms with van der Waals surface area (Å²) in [5.74, 6) is 0.0960. The Kier molecular flexibility index (Phi) is 6.76. The number of hydrogen-bond donors (Lipinski definition) is 1. The van der Waals surface area contributed by atoms with E-state index < -0.39 is 0 Å². The van der Waals surface area contributed by atoms with E-state index in [9.17, 15) is 4.79 Å². The highest BCUT2D eigenvalue weighted by atomic mass is 79.9. The lowest BCUT2D eigenvalue weighted by molar-refractivity contribution is -0.121. The van der Waals surface area contributed by atoms with Crippen LogP contribution in [0.25, 0.3) is 5.69 Å². The quantitative estimate of drug-likeness (QED) is 0.534. The van der Waals surface area contributed by atoms with Gasteiger partial charge in [0.15, 0.2) is 0 Å². The standard InChI is InChI=1S/C21H23BrN4O/c1-16(18-8-12-20(13-9-18)26-15-23-14-24-26)25-21(27)5-3-2-4-17-6-10-19(22)11-7-17/h6-16H,2-5H2,1H3,(H,25,27). The Bertz CT molecular complexity index is 845. The normalized spacial score (nSPS) is 11.9. The third-order valence-corrected chi connectivity index (χ3v) is 5.02. The van der Waals surface area contributed by atoms with Crippen LogP contribution in [-0.4, -0.2) is 20.7 Å². The number of rotatable bonds is 8. The number of carbonyl (C=O) groups is 1. The summed E-state index contributed by atoms with van der Waals surface area (Å²) >= 11 is 3.44. The molecule has 0 saturated carbocycles. The van der Waals surface area contributed by atoms with Gasteiger partial charge in [-0.1, -0.05) is 40.2 Å². The summed E-state index contributed by atoms with van der Waals surface area (Å²) < 4.78 is 2.80. The van der Waals surface area contributed by atoms with E-state index in [4.69, 9.17) is 0 Å². The first kappa shape index (κ1) is 19.3. The van der Waals surface area contributed by atoms with Gasteiger partial charge in [0.1, 0.15) is 12.7 Å². The van der Waals surface area contributed by atoms with Crippen LogP contribution in [0.15, 0.2) is 65.7 Å². The second-order valence-electron chi connectivity index (χ2n) is 6.55. The topological polar surface area (TPSA) is 59.8 Å². The zero-order chi connectivity index (χ0) is 19.1. The van der Waals surface area contributed by atoms with Gasteiger partial charge in [-0.25, -0.2) is 9.67 Å². The molecular formula is C21H23BrN4O. The Morgan fingerprint density at radius 3 is 2.52 bits per heavy atom. The molecule has 140 valence electrons. The number of nitrogens with one attached hydrogen (secondary N) is 1. The van der Waals surface area contributed by atoms with Crippen LogP contribution >= 0.6 is 15.9 Å². The maximum atomic E-state index is 12.2. The number of unbranched alkanes of at least 4 members (excludes halogenated alkanes) is 1.